The quantitative estimate of drug-likeness (QED) is 0.337. The van der Waals surface area contributed by atoms with Crippen LogP contribution in [0.5, 0.6) is 0 Å². The minimum Gasteiger partial charge on any atom is -0.468 e. The summed E-state index contributed by atoms with van der Waals surface area (Å²) in [6.45, 7) is 8.03. The Kier molecular flexibility index (Phi) is 5.80. The number of hydrogen-bond acceptors (Lipinski definition) is 6. The molecule has 0 aromatic heterocycles. The summed E-state index contributed by atoms with van der Waals surface area (Å²) in [4.78, 5) is 40.1. The second-order valence-corrected chi connectivity index (χ2v) is 7.08. The second kappa shape index (κ2) is 7.47. The molecule has 6 heteroatoms. The molecule has 2 rings (SSSR count). The highest BCUT2D eigenvalue weighted by Crippen LogP contribution is 2.41. The van der Waals surface area contributed by atoms with E-state index in [0.717, 1.165) is 12.1 Å². The molecule has 1 aliphatic heterocycles. The predicted octanol–water partition coefficient (Wildman–Crippen LogP) is 1.73. The number of methoxy groups -OCH3 is 1. The molecule has 1 atom stereocenters. The molecule has 0 bridgehead atoms. The molecule has 0 radical (unpaired) electrons. The van der Waals surface area contributed by atoms with Crippen LogP contribution in [0.4, 0.5) is 0 Å². The summed E-state index contributed by atoms with van der Waals surface area (Å²) in [7, 11) is 1.28. The minimum atomic E-state index is -0.928. The van der Waals surface area contributed by atoms with Crippen LogP contribution in [-0.4, -0.2) is 55.8 Å². The van der Waals surface area contributed by atoms with Crippen molar-refractivity contribution in [2.24, 2.45) is 11.3 Å². The van der Waals surface area contributed by atoms with Gasteiger partial charge in [0.05, 0.1) is 25.9 Å². The molecular weight excluding hydrogens is 310 g/mol. The van der Waals surface area contributed by atoms with E-state index >= 15 is 0 Å². The molecule has 0 spiro atoms. The number of hydrogen-bond donors (Lipinski definition) is 0. The fraction of sp³-hybridized carbons (Fsp3) is 0.722. The highest BCUT2D eigenvalue weighted by Gasteiger charge is 2.50. The smallest absolute Gasteiger partial charge is 0.317 e. The summed E-state index contributed by atoms with van der Waals surface area (Å²) < 4.78 is 10.2. The first kappa shape index (κ1) is 18.6. The van der Waals surface area contributed by atoms with Gasteiger partial charge in [-0.3, -0.25) is 14.4 Å². The van der Waals surface area contributed by atoms with Crippen molar-refractivity contribution in [3.8, 4) is 0 Å². The number of carbonyl (C=O) groups excluding carboxylic acids is 3. The molecule has 1 aliphatic carbocycles. The number of ketones is 2. The van der Waals surface area contributed by atoms with Gasteiger partial charge in [-0.15, -0.1) is 0 Å². The molecule has 24 heavy (non-hydrogen) atoms. The number of Topliss-reactive ketones (excluding diaryl/α,β-unsaturated/α-hetero) is 2. The third-order valence-electron chi connectivity index (χ3n) is 4.79. The molecule has 2 aliphatic rings. The maximum Gasteiger partial charge on any atom is 0.317 e. The van der Waals surface area contributed by atoms with Crippen molar-refractivity contribution in [3.05, 3.63) is 11.3 Å². The van der Waals surface area contributed by atoms with Gasteiger partial charge in [0.2, 0.25) is 0 Å². The average molecular weight is 337 g/mol. The van der Waals surface area contributed by atoms with Crippen molar-refractivity contribution in [2.75, 3.05) is 33.4 Å². The van der Waals surface area contributed by atoms with E-state index in [1.807, 2.05) is 6.92 Å². The van der Waals surface area contributed by atoms with E-state index in [9.17, 15) is 14.4 Å². The largest absolute Gasteiger partial charge is 0.468 e. The molecule has 2 fully saturated rings. The van der Waals surface area contributed by atoms with Crippen molar-refractivity contribution in [3.63, 3.8) is 0 Å². The zero-order chi connectivity index (χ0) is 17.9. The van der Waals surface area contributed by atoms with Gasteiger partial charge in [0, 0.05) is 25.2 Å². The van der Waals surface area contributed by atoms with Crippen molar-refractivity contribution in [1.29, 1.82) is 0 Å². The van der Waals surface area contributed by atoms with Gasteiger partial charge in [-0.1, -0.05) is 27.2 Å². The second-order valence-electron chi connectivity index (χ2n) is 7.08. The van der Waals surface area contributed by atoms with E-state index in [-0.39, 0.29) is 17.8 Å². The average Bonchev–Trinajstić information content (AvgIpc) is 2.53. The Balaban J connectivity index is 2.48. The minimum absolute atomic E-state index is 0.167. The summed E-state index contributed by atoms with van der Waals surface area (Å²) in [5.74, 6) is -2.05. The molecule has 1 heterocycles. The summed E-state index contributed by atoms with van der Waals surface area (Å²) in [6, 6.07) is 0. The monoisotopic (exact) mass is 337 g/mol. The highest BCUT2D eigenvalue weighted by atomic mass is 16.5. The molecule has 1 unspecified atom stereocenters. The van der Waals surface area contributed by atoms with E-state index in [4.69, 9.17) is 9.47 Å². The summed E-state index contributed by atoms with van der Waals surface area (Å²) >= 11 is 0. The molecule has 0 N–H and O–H groups in total. The SMILES string of the molecule is CCCC(=C1C(=O)CC(C)(C)C(C(=O)OC)C1=O)N1CCOCC1. The summed E-state index contributed by atoms with van der Waals surface area (Å²) in [5, 5.41) is 0. The van der Waals surface area contributed by atoms with Crippen LogP contribution in [0.2, 0.25) is 0 Å². The lowest BCUT2D eigenvalue weighted by atomic mass is 9.65. The fourth-order valence-corrected chi connectivity index (χ4v) is 3.60. The van der Waals surface area contributed by atoms with Crippen LogP contribution in [0.25, 0.3) is 0 Å². The standard InChI is InChI=1S/C18H27NO5/c1-5-6-12(19-7-9-24-10-8-19)14-13(20)11-18(2,3)15(16(14)21)17(22)23-4/h15H,5-11H2,1-4H3. The lowest BCUT2D eigenvalue weighted by molar-refractivity contribution is -0.155. The fourth-order valence-electron chi connectivity index (χ4n) is 3.60. The summed E-state index contributed by atoms with van der Waals surface area (Å²) in [6.07, 6.45) is 1.63. The maximum absolute atomic E-state index is 13.1. The Morgan fingerprint density at radius 1 is 1.29 bits per heavy atom. The summed E-state index contributed by atoms with van der Waals surface area (Å²) in [5.41, 5.74) is 0.237. The van der Waals surface area contributed by atoms with Gasteiger partial charge < -0.3 is 14.4 Å². The first-order valence-electron chi connectivity index (χ1n) is 8.54. The van der Waals surface area contributed by atoms with Gasteiger partial charge >= 0.3 is 5.97 Å². The third kappa shape index (κ3) is 3.53. The molecular formula is C18H27NO5. The van der Waals surface area contributed by atoms with Crippen LogP contribution in [0.15, 0.2) is 11.3 Å². The number of allylic oxidation sites excluding steroid dienone is 2. The van der Waals surface area contributed by atoms with E-state index in [1.165, 1.54) is 7.11 Å². The maximum atomic E-state index is 13.1. The normalized spacial score (nSPS) is 26.3. The molecule has 6 nitrogen and oxygen atoms in total. The van der Waals surface area contributed by atoms with Crippen LogP contribution in [0, 0.1) is 11.3 Å². The molecule has 1 saturated heterocycles. The van der Waals surface area contributed by atoms with Gasteiger partial charge in [0.1, 0.15) is 5.92 Å². The number of nitrogens with zero attached hydrogens (tertiary/aromatic N) is 1. The zero-order valence-corrected chi connectivity index (χ0v) is 15.0. The van der Waals surface area contributed by atoms with Gasteiger partial charge in [-0.2, -0.15) is 0 Å². The van der Waals surface area contributed by atoms with Gasteiger partial charge in [0.25, 0.3) is 0 Å². The van der Waals surface area contributed by atoms with Crippen LogP contribution in [0.3, 0.4) is 0 Å². The number of ether oxygens (including phenoxy) is 2. The van der Waals surface area contributed by atoms with Crippen LogP contribution in [-0.2, 0) is 23.9 Å². The van der Waals surface area contributed by atoms with E-state index in [2.05, 4.69) is 4.90 Å². The number of rotatable bonds is 4. The molecule has 134 valence electrons. The Labute approximate surface area is 143 Å². The first-order chi connectivity index (χ1) is 11.3. The first-order valence-corrected chi connectivity index (χ1v) is 8.54. The Morgan fingerprint density at radius 2 is 1.92 bits per heavy atom. The number of carbonyl (C=O) groups is 3. The lowest BCUT2D eigenvalue weighted by Crippen LogP contribution is -2.48. The van der Waals surface area contributed by atoms with Crippen molar-refractivity contribution < 1.29 is 23.9 Å². The van der Waals surface area contributed by atoms with Gasteiger partial charge in [-0.05, 0) is 11.8 Å². The third-order valence-corrected chi connectivity index (χ3v) is 4.79. The van der Waals surface area contributed by atoms with Gasteiger partial charge in [0.15, 0.2) is 11.6 Å². The van der Waals surface area contributed by atoms with Crippen molar-refractivity contribution in [2.45, 2.75) is 40.0 Å². The molecule has 1 saturated carbocycles. The van der Waals surface area contributed by atoms with Crippen LogP contribution in [0.1, 0.15) is 40.0 Å². The molecule has 0 amide bonds. The Hall–Kier alpha value is -1.69. The van der Waals surface area contributed by atoms with E-state index in [0.29, 0.717) is 32.7 Å². The van der Waals surface area contributed by atoms with E-state index < -0.39 is 23.1 Å². The molecule has 0 aromatic rings. The number of esters is 1. The predicted molar refractivity (Wildman–Crippen MR) is 88.2 cm³/mol. The van der Waals surface area contributed by atoms with Crippen molar-refractivity contribution in [1.82, 2.24) is 4.90 Å². The van der Waals surface area contributed by atoms with Crippen LogP contribution >= 0.6 is 0 Å². The Bertz CT molecular complexity index is 558. The number of morpholine rings is 1. The topological polar surface area (TPSA) is 72.9 Å². The Morgan fingerprint density at radius 3 is 2.46 bits per heavy atom. The van der Waals surface area contributed by atoms with Gasteiger partial charge in [-0.25, -0.2) is 0 Å². The highest BCUT2D eigenvalue weighted by molar-refractivity contribution is 6.27. The zero-order valence-electron chi connectivity index (χ0n) is 15.0. The van der Waals surface area contributed by atoms with Crippen LogP contribution < -0.4 is 0 Å². The van der Waals surface area contributed by atoms with Crippen molar-refractivity contribution >= 4 is 17.5 Å². The lowest BCUT2D eigenvalue weighted by Gasteiger charge is -2.38. The molecule has 0 aromatic carbocycles. The van der Waals surface area contributed by atoms with E-state index in [1.54, 1.807) is 13.8 Å².